The first-order valence-corrected chi connectivity index (χ1v) is 26.4. The standard InChI is InChI=1S/C25H35N3O3S.C23H30N2O.C2H6ClNO2S.CH4/c1-4-21-10-12-22(13-11-21)14-17-26-24(29)25(20-23-8-6-5-7-9-23)15-18-28(19-16-25)32(30,31)27(2)3;1-2-19-8-10-20(11-9-19)12-15-25-22(26)23(13-16-24-17-14-23)18-21-6-4-3-5-7-21;1-4(2)7(3,5)6;/h5-13H,4,14-20H2,1-3H3,(H,26,29);3-11,24H,2,12-18H2,1H3,(H,25,26);1-2H3;1H4. The van der Waals surface area contributed by atoms with Crippen LogP contribution in [0.4, 0.5) is 0 Å². The first-order valence-electron chi connectivity index (χ1n) is 22.7. The van der Waals surface area contributed by atoms with Crippen molar-refractivity contribution in [2.24, 2.45) is 10.8 Å². The molecule has 4 aromatic rings. The second kappa shape index (κ2) is 27.0. The van der Waals surface area contributed by atoms with Gasteiger partial charge >= 0.3 is 0 Å². The van der Waals surface area contributed by atoms with Gasteiger partial charge in [-0.2, -0.15) is 29.8 Å². The number of benzene rings is 4. The highest BCUT2D eigenvalue weighted by atomic mass is 35.7. The number of halogens is 1. The molecular formula is C51H75ClN6O6S2. The maximum absolute atomic E-state index is 13.4. The van der Waals surface area contributed by atoms with Gasteiger partial charge in [0.05, 0.1) is 10.8 Å². The largest absolute Gasteiger partial charge is 0.355 e. The molecule has 2 amide bonds. The summed E-state index contributed by atoms with van der Waals surface area (Å²) in [5.74, 6) is 0.237. The average Bonchev–Trinajstić information content (AvgIpc) is 3.30. The molecule has 2 aliphatic rings. The predicted octanol–water partition coefficient (Wildman–Crippen LogP) is 7.23. The molecule has 2 fully saturated rings. The second-order valence-electron chi connectivity index (χ2n) is 17.4. The molecule has 2 heterocycles. The summed E-state index contributed by atoms with van der Waals surface area (Å²) in [6.07, 6.45) is 7.99. The van der Waals surface area contributed by atoms with E-state index < -0.39 is 24.9 Å². The molecule has 0 bridgehead atoms. The zero-order valence-electron chi connectivity index (χ0n) is 39.2. The number of carbonyl (C=O) groups excluding carboxylic acids is 2. The Morgan fingerprint density at radius 3 is 1.26 bits per heavy atom. The van der Waals surface area contributed by atoms with Gasteiger partial charge in [-0.05, 0) is 111 Å². The highest BCUT2D eigenvalue weighted by Crippen LogP contribution is 2.37. The van der Waals surface area contributed by atoms with Crippen LogP contribution in [0.15, 0.2) is 109 Å². The molecule has 2 saturated heterocycles. The molecule has 0 saturated carbocycles. The van der Waals surface area contributed by atoms with Crippen molar-refractivity contribution in [1.82, 2.24) is 28.9 Å². The summed E-state index contributed by atoms with van der Waals surface area (Å²) < 4.78 is 48.8. The molecule has 0 aliphatic carbocycles. The fourth-order valence-electron chi connectivity index (χ4n) is 8.12. The molecule has 0 unspecified atom stereocenters. The first-order chi connectivity index (χ1) is 30.9. The summed E-state index contributed by atoms with van der Waals surface area (Å²) in [6, 6.07) is 37.6. The summed E-state index contributed by atoms with van der Waals surface area (Å²) in [5.41, 5.74) is 6.61. The van der Waals surface area contributed by atoms with Gasteiger partial charge < -0.3 is 16.0 Å². The van der Waals surface area contributed by atoms with Gasteiger partial charge in [0, 0.05) is 65.1 Å². The van der Waals surface area contributed by atoms with Crippen molar-refractivity contribution >= 4 is 41.9 Å². The molecule has 4 aromatic carbocycles. The second-order valence-corrected chi connectivity index (χ2v) is 22.3. The van der Waals surface area contributed by atoms with Crippen LogP contribution in [0.1, 0.15) is 80.3 Å². The fourth-order valence-corrected chi connectivity index (χ4v) is 9.23. The van der Waals surface area contributed by atoms with Crippen LogP contribution in [-0.2, 0) is 67.6 Å². The van der Waals surface area contributed by atoms with Crippen molar-refractivity contribution in [3.8, 4) is 0 Å². The third-order valence-electron chi connectivity index (χ3n) is 12.5. The van der Waals surface area contributed by atoms with Crippen LogP contribution < -0.4 is 16.0 Å². The van der Waals surface area contributed by atoms with E-state index >= 15 is 0 Å². The van der Waals surface area contributed by atoms with E-state index in [1.54, 1.807) is 14.1 Å². The van der Waals surface area contributed by atoms with Crippen molar-refractivity contribution in [2.75, 3.05) is 67.5 Å². The number of nitrogens with zero attached hydrogens (tertiary/aromatic N) is 3. The van der Waals surface area contributed by atoms with Crippen molar-refractivity contribution in [1.29, 1.82) is 0 Å². The van der Waals surface area contributed by atoms with E-state index in [1.807, 2.05) is 36.4 Å². The van der Waals surface area contributed by atoms with Gasteiger partial charge in [0.2, 0.25) is 11.8 Å². The van der Waals surface area contributed by atoms with E-state index in [1.165, 1.54) is 50.5 Å². The Hall–Kier alpha value is -4.15. The highest BCUT2D eigenvalue weighted by molar-refractivity contribution is 8.11. The van der Waals surface area contributed by atoms with Crippen molar-refractivity contribution < 1.29 is 26.4 Å². The Bertz CT molecular complexity index is 2270. The Labute approximate surface area is 401 Å². The van der Waals surface area contributed by atoms with Gasteiger partial charge in [-0.25, -0.2) is 0 Å². The minimum atomic E-state index is -3.47. The highest BCUT2D eigenvalue weighted by Gasteiger charge is 2.44. The third-order valence-corrected chi connectivity index (χ3v) is 16.1. The zero-order valence-corrected chi connectivity index (χ0v) is 41.6. The van der Waals surface area contributed by atoms with Crippen LogP contribution in [-0.4, -0.2) is 109 Å². The fraction of sp³-hybridized carbons (Fsp3) is 0.490. The number of aryl methyl sites for hydroxylation is 2. The molecule has 2 aliphatic heterocycles. The molecule has 0 aromatic heterocycles. The van der Waals surface area contributed by atoms with E-state index in [9.17, 15) is 26.4 Å². The molecule has 66 heavy (non-hydrogen) atoms. The zero-order chi connectivity index (χ0) is 47.5. The lowest BCUT2D eigenvalue weighted by atomic mass is 9.73. The molecule has 0 atom stereocenters. The third kappa shape index (κ3) is 17.2. The Balaban J connectivity index is 0.000000306. The monoisotopic (exact) mass is 966 g/mol. The number of hydrogen-bond acceptors (Lipinski definition) is 7. The van der Waals surface area contributed by atoms with Gasteiger partial charge in [-0.1, -0.05) is 130 Å². The smallest absolute Gasteiger partial charge is 0.299 e. The lowest BCUT2D eigenvalue weighted by molar-refractivity contribution is -0.133. The average molecular weight is 968 g/mol. The molecule has 0 radical (unpaired) electrons. The van der Waals surface area contributed by atoms with E-state index in [-0.39, 0.29) is 24.7 Å². The number of hydrogen-bond donors (Lipinski definition) is 3. The maximum atomic E-state index is 13.4. The van der Waals surface area contributed by atoms with Crippen LogP contribution in [0.2, 0.25) is 0 Å². The number of amides is 2. The van der Waals surface area contributed by atoms with E-state index in [0.717, 1.165) is 67.9 Å². The van der Waals surface area contributed by atoms with Crippen LogP contribution in [0.3, 0.4) is 0 Å². The van der Waals surface area contributed by atoms with Gasteiger partial charge in [0.25, 0.3) is 19.4 Å². The molecule has 15 heteroatoms. The predicted molar refractivity (Wildman–Crippen MR) is 271 cm³/mol. The lowest BCUT2D eigenvalue weighted by Crippen LogP contribution is -2.53. The van der Waals surface area contributed by atoms with Gasteiger partial charge in [-0.3, -0.25) is 9.59 Å². The van der Waals surface area contributed by atoms with E-state index in [4.69, 9.17) is 10.7 Å². The normalized spacial score (nSPS) is 15.8. The quantitative estimate of drug-likeness (QED) is 0.0947. The molecule has 364 valence electrons. The SMILES string of the molecule is C.CCc1ccc(CCNC(=O)C2(Cc3ccccc3)CCN(S(=O)(=O)N(C)C)CC2)cc1.CCc1ccc(CCNC(=O)C2(Cc3ccccc3)CCNCC2)cc1.CN(C)S(=O)(=O)Cl. The number of nitrogens with one attached hydrogen (secondary N) is 3. The van der Waals surface area contributed by atoms with Crippen LogP contribution in [0, 0.1) is 10.8 Å². The van der Waals surface area contributed by atoms with E-state index in [2.05, 4.69) is 103 Å². The van der Waals surface area contributed by atoms with E-state index in [0.29, 0.717) is 45.4 Å². The summed E-state index contributed by atoms with van der Waals surface area (Å²) in [4.78, 5) is 26.5. The Morgan fingerprint density at radius 2 is 0.924 bits per heavy atom. The van der Waals surface area contributed by atoms with Gasteiger partial charge in [-0.15, -0.1) is 0 Å². The summed E-state index contributed by atoms with van der Waals surface area (Å²) in [7, 11) is 3.67. The minimum absolute atomic E-state index is 0. The maximum Gasteiger partial charge on any atom is 0.299 e. The van der Waals surface area contributed by atoms with Crippen molar-refractivity contribution in [2.45, 2.75) is 85.5 Å². The molecule has 3 N–H and O–H groups in total. The topological polar surface area (TPSA) is 148 Å². The number of piperidine rings is 2. The number of rotatable bonds is 17. The molecule has 12 nitrogen and oxygen atoms in total. The van der Waals surface area contributed by atoms with Crippen LogP contribution in [0.5, 0.6) is 0 Å². The van der Waals surface area contributed by atoms with Crippen LogP contribution >= 0.6 is 10.7 Å². The molecule has 0 spiro atoms. The Kier molecular flexibility index (Phi) is 23.0. The van der Waals surface area contributed by atoms with Gasteiger partial charge in [0.1, 0.15) is 0 Å². The van der Waals surface area contributed by atoms with Crippen LogP contribution in [0.25, 0.3) is 0 Å². The number of carbonyl (C=O) groups is 2. The summed E-state index contributed by atoms with van der Waals surface area (Å²) in [6.45, 7) is 8.10. The van der Waals surface area contributed by atoms with Crippen molar-refractivity contribution in [3.63, 3.8) is 0 Å². The lowest BCUT2D eigenvalue weighted by Gasteiger charge is -2.40. The van der Waals surface area contributed by atoms with Gasteiger partial charge in [0.15, 0.2) is 0 Å². The minimum Gasteiger partial charge on any atom is -0.355 e. The Morgan fingerprint density at radius 1 is 0.576 bits per heavy atom. The molecule has 6 rings (SSSR count). The summed E-state index contributed by atoms with van der Waals surface area (Å²) >= 11 is 0. The first kappa shape index (κ1) is 56.2. The molecular weight excluding hydrogens is 892 g/mol. The summed E-state index contributed by atoms with van der Waals surface area (Å²) in [5, 5.41) is 9.77. The van der Waals surface area contributed by atoms with Crippen molar-refractivity contribution in [3.05, 3.63) is 143 Å².